The van der Waals surface area contributed by atoms with E-state index < -0.39 is 10.2 Å². The van der Waals surface area contributed by atoms with Crippen molar-refractivity contribution in [3.8, 4) is 0 Å². The van der Waals surface area contributed by atoms with Gasteiger partial charge in [0.05, 0.1) is 0 Å². The number of nitrogens with zero attached hydrogens (tertiary/aromatic N) is 1. The summed E-state index contributed by atoms with van der Waals surface area (Å²) in [5.41, 5.74) is 0. The van der Waals surface area contributed by atoms with E-state index in [4.69, 9.17) is 0 Å². The summed E-state index contributed by atoms with van der Waals surface area (Å²) in [6, 6.07) is 0. The Morgan fingerprint density at radius 3 is 2.53 bits per heavy atom. The zero-order chi connectivity index (χ0) is 11.1. The molecule has 2 N–H and O–H groups in total. The summed E-state index contributed by atoms with van der Waals surface area (Å²) >= 11 is 0. The van der Waals surface area contributed by atoms with E-state index in [1.54, 1.807) is 0 Å². The van der Waals surface area contributed by atoms with Crippen molar-refractivity contribution in [2.45, 2.75) is 26.2 Å². The van der Waals surface area contributed by atoms with Gasteiger partial charge in [0.1, 0.15) is 0 Å². The fraction of sp³-hybridized carbons (Fsp3) is 1.00. The van der Waals surface area contributed by atoms with Gasteiger partial charge in [0, 0.05) is 32.7 Å². The van der Waals surface area contributed by atoms with Crippen LogP contribution >= 0.6 is 0 Å². The standard InChI is InChI=1S/C9H21N3O2S/c1-2-3-4-5-11-15(13,14)12-8-6-10-7-9-12/h10-11H,2-9H2,1H3. The van der Waals surface area contributed by atoms with Gasteiger partial charge < -0.3 is 5.32 Å². The lowest BCUT2D eigenvalue weighted by molar-refractivity contribution is 0.354. The zero-order valence-corrected chi connectivity index (χ0v) is 10.1. The molecule has 0 aromatic heterocycles. The van der Waals surface area contributed by atoms with E-state index in [1.165, 1.54) is 4.31 Å². The lowest BCUT2D eigenvalue weighted by Gasteiger charge is -2.26. The van der Waals surface area contributed by atoms with Crippen LogP contribution in [0.4, 0.5) is 0 Å². The van der Waals surface area contributed by atoms with E-state index in [-0.39, 0.29) is 0 Å². The Balaban J connectivity index is 2.30. The van der Waals surface area contributed by atoms with Crippen molar-refractivity contribution in [2.24, 2.45) is 0 Å². The van der Waals surface area contributed by atoms with E-state index in [9.17, 15) is 8.42 Å². The topological polar surface area (TPSA) is 61.4 Å². The Bertz CT molecular complexity index is 261. The minimum Gasteiger partial charge on any atom is -0.314 e. The second-order valence-electron chi connectivity index (χ2n) is 3.76. The largest absolute Gasteiger partial charge is 0.314 e. The van der Waals surface area contributed by atoms with Crippen molar-refractivity contribution in [1.29, 1.82) is 0 Å². The summed E-state index contributed by atoms with van der Waals surface area (Å²) in [6.07, 6.45) is 3.10. The highest BCUT2D eigenvalue weighted by atomic mass is 32.2. The molecule has 0 aromatic carbocycles. The number of hydrogen-bond donors (Lipinski definition) is 2. The zero-order valence-electron chi connectivity index (χ0n) is 9.33. The molecule has 90 valence electrons. The normalized spacial score (nSPS) is 19.3. The Morgan fingerprint density at radius 2 is 1.93 bits per heavy atom. The van der Waals surface area contributed by atoms with Gasteiger partial charge in [-0.3, -0.25) is 0 Å². The van der Waals surface area contributed by atoms with Crippen LogP contribution in [0.3, 0.4) is 0 Å². The molecule has 0 spiro atoms. The molecule has 1 aliphatic heterocycles. The van der Waals surface area contributed by atoms with Crippen molar-refractivity contribution in [1.82, 2.24) is 14.3 Å². The van der Waals surface area contributed by atoms with Crippen molar-refractivity contribution in [3.05, 3.63) is 0 Å². The van der Waals surface area contributed by atoms with Gasteiger partial charge in [0.15, 0.2) is 0 Å². The van der Waals surface area contributed by atoms with Gasteiger partial charge in [-0.25, -0.2) is 4.72 Å². The molecule has 1 saturated heterocycles. The third kappa shape index (κ3) is 4.46. The summed E-state index contributed by atoms with van der Waals surface area (Å²) in [6.45, 7) is 5.29. The molecule has 15 heavy (non-hydrogen) atoms. The van der Waals surface area contributed by atoms with Crippen molar-refractivity contribution < 1.29 is 8.42 Å². The lowest BCUT2D eigenvalue weighted by atomic mass is 10.3. The average molecular weight is 235 g/mol. The Kier molecular flexibility index (Phi) is 5.52. The molecule has 5 nitrogen and oxygen atoms in total. The number of piperazine rings is 1. The smallest absolute Gasteiger partial charge is 0.279 e. The van der Waals surface area contributed by atoms with Crippen molar-refractivity contribution >= 4 is 10.2 Å². The molecule has 1 heterocycles. The molecule has 1 rings (SSSR count). The maximum Gasteiger partial charge on any atom is 0.279 e. The minimum absolute atomic E-state index is 0.556. The van der Waals surface area contributed by atoms with Gasteiger partial charge in [-0.05, 0) is 6.42 Å². The molecule has 0 unspecified atom stereocenters. The fourth-order valence-electron chi connectivity index (χ4n) is 1.55. The molecule has 1 fully saturated rings. The van der Waals surface area contributed by atoms with Crippen LogP contribution in [0.1, 0.15) is 26.2 Å². The van der Waals surface area contributed by atoms with Crippen molar-refractivity contribution in [3.63, 3.8) is 0 Å². The fourth-order valence-corrected chi connectivity index (χ4v) is 2.80. The third-order valence-electron chi connectivity index (χ3n) is 2.48. The van der Waals surface area contributed by atoms with E-state index in [0.717, 1.165) is 32.4 Å². The van der Waals surface area contributed by atoms with Crippen LogP contribution in [0.2, 0.25) is 0 Å². The highest BCUT2D eigenvalue weighted by Gasteiger charge is 2.22. The first kappa shape index (κ1) is 12.9. The SMILES string of the molecule is CCCCCNS(=O)(=O)N1CCNCC1. The summed E-state index contributed by atoms with van der Waals surface area (Å²) < 4.78 is 27.6. The second kappa shape index (κ2) is 6.42. The Labute approximate surface area is 92.4 Å². The lowest BCUT2D eigenvalue weighted by Crippen LogP contribution is -2.50. The molecule has 0 atom stereocenters. The van der Waals surface area contributed by atoms with E-state index >= 15 is 0 Å². The molecule has 0 bridgehead atoms. The summed E-state index contributed by atoms with van der Waals surface area (Å²) in [5.74, 6) is 0. The van der Waals surface area contributed by atoms with Crippen LogP contribution in [0.25, 0.3) is 0 Å². The average Bonchev–Trinajstić information content (AvgIpc) is 2.26. The maximum atomic E-state index is 11.7. The van der Waals surface area contributed by atoms with Crippen LogP contribution in [-0.4, -0.2) is 45.4 Å². The van der Waals surface area contributed by atoms with E-state index in [0.29, 0.717) is 19.6 Å². The molecular weight excluding hydrogens is 214 g/mol. The second-order valence-corrected chi connectivity index (χ2v) is 5.51. The van der Waals surface area contributed by atoms with E-state index in [2.05, 4.69) is 17.0 Å². The third-order valence-corrected chi connectivity index (χ3v) is 4.09. The Hall–Kier alpha value is -0.170. The minimum atomic E-state index is -3.22. The summed E-state index contributed by atoms with van der Waals surface area (Å²) in [4.78, 5) is 0. The molecule has 0 amide bonds. The predicted octanol–water partition coefficient (Wildman–Crippen LogP) is -0.0838. The van der Waals surface area contributed by atoms with Gasteiger partial charge in [0.25, 0.3) is 10.2 Å². The maximum absolute atomic E-state index is 11.7. The van der Waals surface area contributed by atoms with Gasteiger partial charge in [-0.1, -0.05) is 19.8 Å². The quantitative estimate of drug-likeness (QED) is 0.633. The van der Waals surface area contributed by atoms with Crippen molar-refractivity contribution in [2.75, 3.05) is 32.7 Å². The number of unbranched alkanes of at least 4 members (excludes halogenated alkanes) is 2. The number of rotatable bonds is 6. The van der Waals surface area contributed by atoms with Gasteiger partial charge in [0.2, 0.25) is 0 Å². The van der Waals surface area contributed by atoms with Crippen LogP contribution < -0.4 is 10.0 Å². The molecule has 0 aromatic rings. The van der Waals surface area contributed by atoms with Crippen LogP contribution in [-0.2, 0) is 10.2 Å². The number of nitrogens with one attached hydrogen (secondary N) is 2. The molecule has 0 aliphatic carbocycles. The highest BCUT2D eigenvalue weighted by Crippen LogP contribution is 2.00. The van der Waals surface area contributed by atoms with Crippen LogP contribution in [0, 0.1) is 0 Å². The van der Waals surface area contributed by atoms with E-state index in [1.807, 2.05) is 0 Å². The van der Waals surface area contributed by atoms with Crippen LogP contribution in [0.5, 0.6) is 0 Å². The van der Waals surface area contributed by atoms with Gasteiger partial charge >= 0.3 is 0 Å². The van der Waals surface area contributed by atoms with Gasteiger partial charge in [-0.15, -0.1) is 0 Å². The molecular formula is C9H21N3O2S. The predicted molar refractivity (Wildman–Crippen MR) is 60.9 cm³/mol. The molecule has 6 heteroatoms. The first-order valence-corrected chi connectivity index (χ1v) is 7.06. The summed E-state index contributed by atoms with van der Waals surface area (Å²) in [7, 11) is -3.22. The highest BCUT2D eigenvalue weighted by molar-refractivity contribution is 7.87. The Morgan fingerprint density at radius 1 is 1.27 bits per heavy atom. The first-order chi connectivity index (χ1) is 7.17. The van der Waals surface area contributed by atoms with Gasteiger partial charge in [-0.2, -0.15) is 12.7 Å². The first-order valence-electron chi connectivity index (χ1n) is 5.62. The summed E-state index contributed by atoms with van der Waals surface area (Å²) in [5, 5.41) is 3.13. The molecule has 0 radical (unpaired) electrons. The monoisotopic (exact) mass is 235 g/mol. The molecule has 1 aliphatic rings. The number of hydrogen-bond acceptors (Lipinski definition) is 3. The molecule has 0 saturated carbocycles. The van der Waals surface area contributed by atoms with Crippen LogP contribution in [0.15, 0.2) is 0 Å².